The summed E-state index contributed by atoms with van der Waals surface area (Å²) in [5.74, 6) is 0.180. The number of hydrogen-bond donors (Lipinski definition) is 0. The molecule has 3 aromatic rings. The molecule has 0 radical (unpaired) electrons. The van der Waals surface area contributed by atoms with Crippen molar-refractivity contribution < 1.29 is 9.53 Å². The molecule has 0 amide bonds. The largest absolute Gasteiger partial charge is 0.450 e. The average Bonchev–Trinajstić information content (AvgIpc) is 3.31. The molecule has 34 heavy (non-hydrogen) atoms. The first-order valence-electron chi connectivity index (χ1n) is 12.2. The van der Waals surface area contributed by atoms with E-state index in [0.29, 0.717) is 5.92 Å². The Balaban J connectivity index is 1.27. The Hall–Kier alpha value is -3.59. The molecule has 0 N–H and O–H groups in total. The summed E-state index contributed by atoms with van der Waals surface area (Å²) in [6, 6.07) is 27.4. The highest BCUT2D eigenvalue weighted by Crippen LogP contribution is 2.49. The molecule has 1 spiro atoms. The number of likely N-dealkylation sites (tertiary alicyclic amines) is 1. The Morgan fingerprint density at radius 3 is 2.35 bits per heavy atom. The molecule has 2 heterocycles. The molecule has 0 saturated carbocycles. The average molecular weight is 448 g/mol. The van der Waals surface area contributed by atoms with E-state index in [1.165, 1.54) is 27.8 Å². The van der Waals surface area contributed by atoms with Crippen molar-refractivity contribution in [1.82, 2.24) is 4.90 Å². The van der Waals surface area contributed by atoms with Gasteiger partial charge in [-0.25, -0.2) is 4.79 Å². The van der Waals surface area contributed by atoms with Crippen molar-refractivity contribution in [1.29, 1.82) is 0 Å². The van der Waals surface area contributed by atoms with Crippen LogP contribution in [0.2, 0.25) is 0 Å². The fourth-order valence-corrected chi connectivity index (χ4v) is 6.16. The van der Waals surface area contributed by atoms with Crippen molar-refractivity contribution in [3.8, 4) is 0 Å². The minimum absolute atomic E-state index is 0.185. The van der Waals surface area contributed by atoms with Crippen molar-refractivity contribution in [2.24, 2.45) is 0 Å². The minimum atomic E-state index is -0.489. The van der Waals surface area contributed by atoms with Crippen LogP contribution in [-0.4, -0.2) is 24.0 Å². The van der Waals surface area contributed by atoms with Gasteiger partial charge in [0.25, 0.3) is 0 Å². The third-order valence-electron chi connectivity index (χ3n) is 7.97. The fraction of sp³-hybridized carbons (Fsp3) is 0.258. The number of benzene rings is 3. The van der Waals surface area contributed by atoms with Crippen LogP contribution in [0.5, 0.6) is 0 Å². The molecule has 3 nitrogen and oxygen atoms in total. The smallest absolute Gasteiger partial charge is 0.339 e. The SMILES string of the molecule is C=C(C1=C(C)C(Cc2ccccc2)c2ccccc21)N1CCC2(CC1)OC(=O)c1ccccc12. The third-order valence-corrected chi connectivity index (χ3v) is 7.97. The van der Waals surface area contributed by atoms with Crippen molar-refractivity contribution >= 4 is 11.5 Å². The number of allylic oxidation sites excluding steroid dienone is 2. The molecule has 2 aliphatic heterocycles. The van der Waals surface area contributed by atoms with Gasteiger partial charge in [0.05, 0.1) is 5.56 Å². The standard InChI is InChI=1S/C31H29NO2/c1-21-27(20-23-10-4-3-5-11-23)24-12-6-7-13-25(24)29(21)22(2)32-18-16-31(17-19-32)28-15-9-8-14-26(28)30(33)34-31/h3-15,27H,2,16-20H2,1H3. The lowest BCUT2D eigenvalue weighted by Crippen LogP contribution is -2.42. The van der Waals surface area contributed by atoms with E-state index in [9.17, 15) is 4.79 Å². The summed E-state index contributed by atoms with van der Waals surface area (Å²) in [6.07, 6.45) is 2.57. The van der Waals surface area contributed by atoms with E-state index in [1.807, 2.05) is 18.2 Å². The minimum Gasteiger partial charge on any atom is -0.450 e. The van der Waals surface area contributed by atoms with Crippen LogP contribution in [0.25, 0.3) is 5.57 Å². The zero-order chi connectivity index (χ0) is 23.3. The summed E-state index contributed by atoms with van der Waals surface area (Å²) in [5.41, 5.74) is 9.12. The van der Waals surface area contributed by atoms with E-state index in [4.69, 9.17) is 4.74 Å². The van der Waals surface area contributed by atoms with Gasteiger partial charge in [-0.1, -0.05) is 84.9 Å². The predicted molar refractivity (Wildman–Crippen MR) is 135 cm³/mol. The molecule has 3 aromatic carbocycles. The number of carbonyl (C=O) groups is 1. The molecular weight excluding hydrogens is 418 g/mol. The van der Waals surface area contributed by atoms with Crippen LogP contribution in [0.3, 0.4) is 0 Å². The summed E-state index contributed by atoms with van der Waals surface area (Å²) in [5, 5.41) is 0. The van der Waals surface area contributed by atoms with E-state index in [0.717, 1.165) is 49.2 Å². The maximum Gasteiger partial charge on any atom is 0.339 e. The number of ether oxygens (including phenoxy) is 1. The molecule has 3 heteroatoms. The van der Waals surface area contributed by atoms with E-state index in [1.54, 1.807) is 0 Å². The molecule has 1 aliphatic carbocycles. The van der Waals surface area contributed by atoms with Gasteiger partial charge in [-0.15, -0.1) is 0 Å². The zero-order valence-corrected chi connectivity index (χ0v) is 19.6. The predicted octanol–water partition coefficient (Wildman–Crippen LogP) is 6.48. The molecule has 6 rings (SSSR count). The molecule has 1 saturated heterocycles. The zero-order valence-electron chi connectivity index (χ0n) is 19.6. The summed E-state index contributed by atoms with van der Waals surface area (Å²) in [7, 11) is 0. The third kappa shape index (κ3) is 3.22. The highest BCUT2D eigenvalue weighted by atomic mass is 16.6. The second kappa shape index (κ2) is 8.02. The highest BCUT2D eigenvalue weighted by molar-refractivity contribution is 5.94. The van der Waals surface area contributed by atoms with Crippen LogP contribution in [0.15, 0.2) is 96.7 Å². The molecule has 1 fully saturated rings. The normalized spacial score (nSPS) is 20.3. The summed E-state index contributed by atoms with van der Waals surface area (Å²) >= 11 is 0. The molecular formula is C31H29NO2. The second-order valence-electron chi connectivity index (χ2n) is 9.75. The quantitative estimate of drug-likeness (QED) is 0.429. The first-order valence-corrected chi connectivity index (χ1v) is 12.2. The molecule has 3 aliphatic rings. The first kappa shape index (κ1) is 21.0. The lowest BCUT2D eigenvalue weighted by atomic mass is 9.83. The van der Waals surface area contributed by atoms with Crippen LogP contribution in [0, 0.1) is 0 Å². The van der Waals surface area contributed by atoms with Crippen molar-refractivity contribution in [3.63, 3.8) is 0 Å². The van der Waals surface area contributed by atoms with Gasteiger partial charge in [0.1, 0.15) is 5.60 Å². The number of piperidine rings is 1. The Kier molecular flexibility index (Phi) is 4.95. The van der Waals surface area contributed by atoms with Gasteiger partial charge in [0.2, 0.25) is 0 Å². The summed E-state index contributed by atoms with van der Waals surface area (Å²) in [6.45, 7) is 8.50. The summed E-state index contributed by atoms with van der Waals surface area (Å²) in [4.78, 5) is 14.9. The molecule has 1 unspecified atom stereocenters. The maximum atomic E-state index is 12.5. The van der Waals surface area contributed by atoms with E-state index < -0.39 is 5.60 Å². The van der Waals surface area contributed by atoms with Gasteiger partial charge < -0.3 is 9.64 Å². The van der Waals surface area contributed by atoms with Crippen LogP contribution in [0.1, 0.15) is 58.3 Å². The van der Waals surface area contributed by atoms with E-state index in [-0.39, 0.29) is 5.97 Å². The second-order valence-corrected chi connectivity index (χ2v) is 9.75. The Labute approximate surface area is 201 Å². The number of nitrogens with zero attached hydrogens (tertiary/aromatic N) is 1. The van der Waals surface area contributed by atoms with Gasteiger partial charge in [0.15, 0.2) is 0 Å². The number of rotatable bonds is 4. The van der Waals surface area contributed by atoms with Crippen molar-refractivity contribution in [3.05, 3.63) is 125 Å². The number of hydrogen-bond acceptors (Lipinski definition) is 3. The van der Waals surface area contributed by atoms with Crippen molar-refractivity contribution in [2.75, 3.05) is 13.1 Å². The topological polar surface area (TPSA) is 29.5 Å². The first-order chi connectivity index (χ1) is 16.6. The van der Waals surface area contributed by atoms with Gasteiger partial charge in [0, 0.05) is 48.7 Å². The number of carbonyl (C=O) groups excluding carboxylic acids is 1. The fourth-order valence-electron chi connectivity index (χ4n) is 6.16. The lowest BCUT2D eigenvalue weighted by molar-refractivity contribution is -0.0377. The van der Waals surface area contributed by atoms with Gasteiger partial charge in [-0.05, 0) is 36.1 Å². The van der Waals surface area contributed by atoms with Crippen molar-refractivity contribution in [2.45, 2.75) is 37.7 Å². The monoisotopic (exact) mass is 447 g/mol. The van der Waals surface area contributed by atoms with Crippen LogP contribution < -0.4 is 0 Å². The maximum absolute atomic E-state index is 12.5. The van der Waals surface area contributed by atoms with Gasteiger partial charge in [-0.2, -0.15) is 0 Å². The lowest BCUT2D eigenvalue weighted by Gasteiger charge is -2.40. The molecule has 1 atom stereocenters. The van der Waals surface area contributed by atoms with Gasteiger partial charge >= 0.3 is 5.97 Å². The molecule has 0 bridgehead atoms. The molecule has 0 aromatic heterocycles. The van der Waals surface area contributed by atoms with E-state index in [2.05, 4.69) is 79.1 Å². The van der Waals surface area contributed by atoms with E-state index >= 15 is 0 Å². The van der Waals surface area contributed by atoms with Gasteiger partial charge in [-0.3, -0.25) is 0 Å². The highest BCUT2D eigenvalue weighted by Gasteiger charge is 2.47. The molecule has 170 valence electrons. The summed E-state index contributed by atoms with van der Waals surface area (Å²) < 4.78 is 5.97. The Morgan fingerprint density at radius 2 is 1.59 bits per heavy atom. The number of esters is 1. The van der Waals surface area contributed by atoms with Crippen LogP contribution >= 0.6 is 0 Å². The van der Waals surface area contributed by atoms with Crippen LogP contribution in [-0.2, 0) is 16.8 Å². The Bertz CT molecular complexity index is 1310. The van der Waals surface area contributed by atoms with Crippen LogP contribution in [0.4, 0.5) is 0 Å². The Morgan fingerprint density at radius 1 is 0.941 bits per heavy atom. The number of fused-ring (bicyclic) bond motifs is 3.